The van der Waals surface area contributed by atoms with Gasteiger partial charge in [0.15, 0.2) is 0 Å². The predicted molar refractivity (Wildman–Crippen MR) is 84.6 cm³/mol. The molecule has 0 spiro atoms. The molecule has 0 radical (unpaired) electrons. The molecule has 3 N–H and O–H groups in total. The van der Waals surface area contributed by atoms with Crippen molar-refractivity contribution in [3.63, 3.8) is 0 Å². The first kappa shape index (κ1) is 16.5. The van der Waals surface area contributed by atoms with Gasteiger partial charge in [0, 0.05) is 17.3 Å². The van der Waals surface area contributed by atoms with Crippen LogP contribution in [0.2, 0.25) is 0 Å². The van der Waals surface area contributed by atoms with Crippen LogP contribution in [0.3, 0.4) is 0 Å². The third-order valence-corrected chi connectivity index (χ3v) is 5.84. The van der Waals surface area contributed by atoms with Crippen LogP contribution in [-0.2, 0) is 4.79 Å². The van der Waals surface area contributed by atoms with Crippen molar-refractivity contribution in [2.45, 2.75) is 68.7 Å². The van der Waals surface area contributed by atoms with E-state index in [0.29, 0.717) is 6.42 Å². The highest BCUT2D eigenvalue weighted by molar-refractivity contribution is 7.99. The maximum atomic E-state index is 12.0. The number of amides is 2. The van der Waals surface area contributed by atoms with Crippen LogP contribution in [0, 0.1) is 5.92 Å². The van der Waals surface area contributed by atoms with Gasteiger partial charge >= 0.3 is 12.0 Å². The first-order valence-corrected chi connectivity index (χ1v) is 9.20. The molecule has 0 bridgehead atoms. The summed E-state index contributed by atoms with van der Waals surface area (Å²) in [5.74, 6) is -1.04. The molecule has 120 valence electrons. The van der Waals surface area contributed by atoms with E-state index in [1.165, 1.54) is 0 Å². The Morgan fingerprint density at radius 2 is 1.67 bits per heavy atom. The monoisotopic (exact) mass is 314 g/mol. The van der Waals surface area contributed by atoms with E-state index in [4.69, 9.17) is 5.11 Å². The molecule has 0 saturated heterocycles. The van der Waals surface area contributed by atoms with Gasteiger partial charge < -0.3 is 15.7 Å². The van der Waals surface area contributed by atoms with Gasteiger partial charge in [0.05, 0.1) is 5.92 Å². The number of rotatable bonds is 4. The van der Waals surface area contributed by atoms with Crippen LogP contribution in [0.4, 0.5) is 4.79 Å². The standard InChI is InChI=1S/C15H26N2O3S/c1-21-13-7-5-11(6-8-13)16-15(20)17-12-4-2-3-10(9-12)14(18)19/h10-13H,2-9H2,1H3,(H,18,19)(H2,16,17,20). The highest BCUT2D eigenvalue weighted by Crippen LogP contribution is 2.27. The van der Waals surface area contributed by atoms with Crippen molar-refractivity contribution in [1.82, 2.24) is 10.6 Å². The molecule has 0 heterocycles. The first-order chi connectivity index (χ1) is 10.1. The molecule has 5 nitrogen and oxygen atoms in total. The zero-order valence-corrected chi connectivity index (χ0v) is 13.5. The van der Waals surface area contributed by atoms with Crippen LogP contribution < -0.4 is 10.6 Å². The van der Waals surface area contributed by atoms with Crippen molar-refractivity contribution >= 4 is 23.8 Å². The van der Waals surface area contributed by atoms with E-state index in [1.807, 2.05) is 11.8 Å². The smallest absolute Gasteiger partial charge is 0.315 e. The molecule has 2 aliphatic carbocycles. The Bertz CT molecular complexity index is 370. The molecule has 0 aromatic rings. The maximum absolute atomic E-state index is 12.0. The molecule has 0 aromatic heterocycles. The number of thioether (sulfide) groups is 1. The lowest BCUT2D eigenvalue weighted by atomic mass is 9.86. The summed E-state index contributed by atoms with van der Waals surface area (Å²) in [6.45, 7) is 0. The molecule has 0 aromatic carbocycles. The lowest BCUT2D eigenvalue weighted by molar-refractivity contribution is -0.143. The average Bonchev–Trinajstić information content (AvgIpc) is 2.48. The van der Waals surface area contributed by atoms with E-state index < -0.39 is 5.97 Å². The summed E-state index contributed by atoms with van der Waals surface area (Å²) in [6.07, 6.45) is 9.61. The van der Waals surface area contributed by atoms with Crippen molar-refractivity contribution < 1.29 is 14.7 Å². The zero-order valence-electron chi connectivity index (χ0n) is 12.6. The number of hydrogen-bond acceptors (Lipinski definition) is 3. The average molecular weight is 314 g/mol. The molecule has 2 rings (SSSR count). The van der Waals surface area contributed by atoms with Gasteiger partial charge in [-0.3, -0.25) is 4.79 Å². The van der Waals surface area contributed by atoms with Crippen LogP contribution in [0.25, 0.3) is 0 Å². The van der Waals surface area contributed by atoms with E-state index in [9.17, 15) is 9.59 Å². The van der Waals surface area contributed by atoms with E-state index in [2.05, 4.69) is 16.9 Å². The number of carbonyl (C=O) groups is 2. The summed E-state index contributed by atoms with van der Waals surface area (Å²) in [6, 6.07) is 0.147. The fourth-order valence-corrected chi connectivity index (χ4v) is 4.14. The molecule has 2 atom stereocenters. The second-order valence-electron chi connectivity index (χ2n) is 6.23. The van der Waals surface area contributed by atoms with Gasteiger partial charge in [-0.1, -0.05) is 6.42 Å². The predicted octanol–water partition coefficient (Wildman–Crippen LogP) is 2.60. The molecule has 6 heteroatoms. The van der Waals surface area contributed by atoms with Gasteiger partial charge in [0.1, 0.15) is 0 Å². The number of hydrogen-bond donors (Lipinski definition) is 3. The van der Waals surface area contributed by atoms with Crippen molar-refractivity contribution in [3.05, 3.63) is 0 Å². The van der Waals surface area contributed by atoms with Gasteiger partial charge in [-0.05, 0) is 51.2 Å². The van der Waals surface area contributed by atoms with Gasteiger partial charge in [0.2, 0.25) is 0 Å². The molecule has 2 aliphatic rings. The van der Waals surface area contributed by atoms with Crippen LogP contribution in [0.15, 0.2) is 0 Å². The second-order valence-corrected chi connectivity index (χ2v) is 7.36. The minimum atomic E-state index is -0.739. The summed E-state index contributed by atoms with van der Waals surface area (Å²) in [7, 11) is 0. The Morgan fingerprint density at radius 3 is 2.29 bits per heavy atom. The van der Waals surface area contributed by atoms with Crippen LogP contribution in [-0.4, -0.2) is 40.7 Å². The number of nitrogens with one attached hydrogen (secondary N) is 2. The number of carboxylic acid groups (broad SMARTS) is 1. The van der Waals surface area contributed by atoms with Gasteiger partial charge in [-0.25, -0.2) is 4.79 Å². The van der Waals surface area contributed by atoms with Gasteiger partial charge in [-0.15, -0.1) is 0 Å². The fraction of sp³-hybridized carbons (Fsp3) is 0.867. The molecular formula is C15H26N2O3S. The Balaban J connectivity index is 1.71. The summed E-state index contributed by atoms with van der Waals surface area (Å²) < 4.78 is 0. The Kier molecular flexibility index (Phi) is 6.21. The molecule has 21 heavy (non-hydrogen) atoms. The Hall–Kier alpha value is -0.910. The van der Waals surface area contributed by atoms with E-state index in [1.54, 1.807) is 0 Å². The minimum absolute atomic E-state index is 0.00221. The summed E-state index contributed by atoms with van der Waals surface area (Å²) in [5.41, 5.74) is 0. The summed E-state index contributed by atoms with van der Waals surface area (Å²) >= 11 is 1.91. The number of carbonyl (C=O) groups excluding carboxylic acids is 1. The van der Waals surface area contributed by atoms with Crippen LogP contribution in [0.5, 0.6) is 0 Å². The van der Waals surface area contributed by atoms with Gasteiger partial charge in [0.25, 0.3) is 0 Å². The Morgan fingerprint density at radius 1 is 1.00 bits per heavy atom. The van der Waals surface area contributed by atoms with Crippen molar-refractivity contribution in [3.8, 4) is 0 Å². The zero-order chi connectivity index (χ0) is 15.2. The highest BCUT2D eigenvalue weighted by Gasteiger charge is 2.28. The summed E-state index contributed by atoms with van der Waals surface area (Å²) in [4.78, 5) is 23.1. The topological polar surface area (TPSA) is 78.4 Å². The fourth-order valence-electron chi connectivity index (χ4n) is 3.40. The number of urea groups is 1. The number of aliphatic carboxylic acids is 1. The minimum Gasteiger partial charge on any atom is -0.481 e. The molecule has 2 fully saturated rings. The molecule has 0 aliphatic heterocycles. The molecule has 2 saturated carbocycles. The SMILES string of the molecule is CSC1CCC(NC(=O)NC2CCCC(C(=O)O)C2)CC1. The largest absolute Gasteiger partial charge is 0.481 e. The maximum Gasteiger partial charge on any atom is 0.315 e. The first-order valence-electron chi connectivity index (χ1n) is 7.91. The van der Waals surface area contributed by atoms with Crippen LogP contribution >= 0.6 is 11.8 Å². The van der Waals surface area contributed by atoms with E-state index in [0.717, 1.165) is 50.2 Å². The highest BCUT2D eigenvalue weighted by atomic mass is 32.2. The third kappa shape index (κ3) is 5.09. The van der Waals surface area contributed by atoms with Crippen molar-refractivity contribution in [2.75, 3.05) is 6.26 Å². The van der Waals surface area contributed by atoms with Gasteiger partial charge in [-0.2, -0.15) is 11.8 Å². The lowest BCUT2D eigenvalue weighted by Gasteiger charge is -2.30. The lowest BCUT2D eigenvalue weighted by Crippen LogP contribution is -2.48. The third-order valence-electron chi connectivity index (χ3n) is 4.70. The normalized spacial score (nSPS) is 33.2. The summed E-state index contributed by atoms with van der Waals surface area (Å²) in [5, 5.41) is 15.8. The molecular weight excluding hydrogens is 288 g/mol. The van der Waals surface area contributed by atoms with Crippen molar-refractivity contribution in [1.29, 1.82) is 0 Å². The molecule has 2 amide bonds. The molecule has 2 unspecified atom stereocenters. The second kappa shape index (κ2) is 7.92. The van der Waals surface area contributed by atoms with Crippen LogP contribution in [0.1, 0.15) is 51.4 Å². The number of carboxylic acids is 1. The quantitative estimate of drug-likeness (QED) is 0.745. The van der Waals surface area contributed by atoms with E-state index >= 15 is 0 Å². The van der Waals surface area contributed by atoms with E-state index in [-0.39, 0.29) is 24.0 Å². The Labute approximate surface area is 130 Å². The van der Waals surface area contributed by atoms with Crippen molar-refractivity contribution in [2.24, 2.45) is 5.92 Å².